The molecule has 276 valence electrons. The van der Waals surface area contributed by atoms with Gasteiger partial charge in [-0.1, -0.05) is 86.3 Å². The summed E-state index contributed by atoms with van der Waals surface area (Å²) >= 11 is 0. The van der Waals surface area contributed by atoms with Gasteiger partial charge in [-0.2, -0.15) is 0 Å². The third-order valence-corrected chi connectivity index (χ3v) is 16.1. The highest BCUT2D eigenvalue weighted by molar-refractivity contribution is 7.79. The summed E-state index contributed by atoms with van der Waals surface area (Å²) in [6.45, 7) is 7.64. The van der Waals surface area contributed by atoms with Gasteiger partial charge in [0.2, 0.25) is 0 Å². The Kier molecular flexibility index (Phi) is 10.5. The van der Waals surface area contributed by atoms with Crippen molar-refractivity contribution in [3.05, 3.63) is 168 Å². The van der Waals surface area contributed by atoms with E-state index in [0.29, 0.717) is 23.0 Å². The molecule has 1 heterocycles. The molecule has 14 heteroatoms. The average molecular weight is 782 g/mol. The van der Waals surface area contributed by atoms with Gasteiger partial charge < -0.3 is 37.4 Å². The largest absolute Gasteiger partial charge is 0.508 e. The van der Waals surface area contributed by atoms with Gasteiger partial charge >= 0.3 is 23.0 Å². The molecule has 0 unspecified atom stereocenters. The van der Waals surface area contributed by atoms with E-state index < -0.39 is 23.0 Å². The maximum atomic E-state index is 10.2. The molecule has 0 fully saturated rings. The van der Waals surface area contributed by atoms with E-state index in [9.17, 15) is 10.2 Å². The average Bonchev–Trinajstić information content (AvgIpc) is 3.14. The van der Waals surface area contributed by atoms with Gasteiger partial charge in [-0.15, -0.1) is 0 Å². The summed E-state index contributed by atoms with van der Waals surface area (Å²) in [5.41, 5.74) is 3.18. The summed E-state index contributed by atoms with van der Waals surface area (Å²) in [4.78, 5) is 0. The monoisotopic (exact) mass is 781 g/mol. The molecule has 6 aromatic rings. The summed E-state index contributed by atoms with van der Waals surface area (Å²) < 4.78 is 57.0. The van der Waals surface area contributed by atoms with Crippen LogP contribution in [0.4, 0.5) is 0 Å². The first-order valence-electron chi connectivity index (χ1n) is 16.9. The van der Waals surface area contributed by atoms with Crippen LogP contribution in [0, 0.1) is 27.7 Å². The number of hydrogen-bond acceptors (Lipinski definition) is 11. The molecular weight excluding hydrogens is 743 g/mol. The molecule has 0 atom stereocenters. The summed E-state index contributed by atoms with van der Waals surface area (Å²) in [5, 5.41) is 20.4. The highest BCUT2D eigenvalue weighted by Gasteiger charge is 2.49. The normalized spacial score (nSPS) is 15.0. The van der Waals surface area contributed by atoms with Crippen molar-refractivity contribution in [2.75, 3.05) is 0 Å². The predicted octanol–water partition coefficient (Wildman–Crippen LogP) is 13.0. The van der Waals surface area contributed by atoms with Crippen LogP contribution in [0.15, 0.2) is 159 Å². The minimum absolute atomic E-state index is 0.0296. The van der Waals surface area contributed by atoms with Crippen molar-refractivity contribution >= 4 is 23.0 Å². The fraction of sp³-hybridized carbons (Fsp3) is 0.100. The molecule has 0 bridgehead atoms. The highest BCUT2D eigenvalue weighted by atomic mass is 31.3. The minimum atomic E-state index is -4.12. The number of para-hydroxylation sites is 4. The van der Waals surface area contributed by atoms with Crippen molar-refractivity contribution in [2.45, 2.75) is 27.7 Å². The van der Waals surface area contributed by atoms with Gasteiger partial charge in [-0.25, -0.2) is 0 Å². The van der Waals surface area contributed by atoms with Gasteiger partial charge in [0.25, 0.3) is 0 Å². The molecule has 0 aliphatic carbocycles. The number of phenols is 2. The van der Waals surface area contributed by atoms with Gasteiger partial charge in [0.15, 0.2) is 0 Å². The van der Waals surface area contributed by atoms with Gasteiger partial charge in [0.05, 0.1) is 0 Å². The summed E-state index contributed by atoms with van der Waals surface area (Å²) in [6.07, 6.45) is 0. The Morgan fingerprint density at radius 1 is 0.333 bits per heavy atom. The Balaban J connectivity index is 1.61. The Hall–Kier alpha value is -5.59. The van der Waals surface area contributed by atoms with Crippen LogP contribution in [0.5, 0.6) is 46.0 Å². The first-order valence-corrected chi connectivity index (χ1v) is 21.5. The standard InChI is InChI=1S/C40H38N3O8P3/c1-29-13-5-9-17-37(29)48-53(49-38-18-10-6-14-30(38)2)41-52(46-35-25-21-33(44)22-26-35,47-36-27-23-34(45)24-28-36)42-54(43-53,50-39-19-11-7-15-31(39)3)51-40-20-12-8-16-32(40)4/h5-28,44-45H,1-4H3. The first-order chi connectivity index (χ1) is 26.0. The molecule has 7 rings (SSSR count). The predicted molar refractivity (Wildman–Crippen MR) is 213 cm³/mol. The number of aromatic hydroxyl groups is 2. The number of benzene rings is 6. The summed E-state index contributed by atoms with van der Waals surface area (Å²) in [7, 11) is -12.3. The molecular formula is C40H38N3O8P3. The van der Waals surface area contributed by atoms with E-state index in [1.807, 2.05) is 100 Å². The Labute approximate surface area is 314 Å². The van der Waals surface area contributed by atoms with Crippen molar-refractivity contribution in [2.24, 2.45) is 13.5 Å². The van der Waals surface area contributed by atoms with E-state index in [1.54, 1.807) is 48.5 Å². The Bertz CT molecular complexity index is 2220. The molecule has 54 heavy (non-hydrogen) atoms. The van der Waals surface area contributed by atoms with Crippen LogP contribution in [0.3, 0.4) is 0 Å². The number of phenolic OH excluding ortho intramolecular Hbond substituents is 2. The quantitative estimate of drug-likeness (QED) is 0.117. The van der Waals surface area contributed by atoms with Crippen LogP contribution in [0.25, 0.3) is 0 Å². The number of hydrogen-bond donors (Lipinski definition) is 2. The Morgan fingerprint density at radius 3 is 0.833 bits per heavy atom. The van der Waals surface area contributed by atoms with E-state index in [-0.39, 0.29) is 23.0 Å². The highest BCUT2D eigenvalue weighted by Crippen LogP contribution is 2.79. The number of nitrogens with zero attached hydrogens (tertiary/aromatic N) is 3. The topological polar surface area (TPSA) is 133 Å². The van der Waals surface area contributed by atoms with Crippen LogP contribution >= 0.6 is 23.0 Å². The molecule has 11 nitrogen and oxygen atoms in total. The van der Waals surface area contributed by atoms with E-state index in [0.717, 1.165) is 22.3 Å². The third kappa shape index (κ3) is 8.45. The maximum Gasteiger partial charge on any atom is 0.460 e. The fourth-order valence-electron chi connectivity index (χ4n) is 5.19. The minimum Gasteiger partial charge on any atom is -0.508 e. The van der Waals surface area contributed by atoms with Crippen molar-refractivity contribution in [1.82, 2.24) is 0 Å². The van der Waals surface area contributed by atoms with E-state index in [4.69, 9.17) is 40.7 Å². The van der Waals surface area contributed by atoms with Crippen molar-refractivity contribution < 1.29 is 37.4 Å². The lowest BCUT2D eigenvalue weighted by molar-refractivity contribution is 0.438. The second-order valence-corrected chi connectivity index (χ2v) is 18.5. The SMILES string of the molecule is Cc1ccccc1OP1(Oc2ccccc2C)=NP(Oc2ccc(O)cc2)(Oc2ccc(O)cc2)=NP(Oc2ccccc2C)(Oc2ccccc2C)=N1. The van der Waals surface area contributed by atoms with E-state index in [1.165, 1.54) is 24.3 Å². The third-order valence-electron chi connectivity index (χ3n) is 8.04. The smallest absolute Gasteiger partial charge is 0.460 e. The fourth-order valence-corrected chi connectivity index (χ4v) is 14.5. The van der Waals surface area contributed by atoms with Crippen molar-refractivity contribution in [3.8, 4) is 46.0 Å². The van der Waals surface area contributed by atoms with Crippen LogP contribution in [0.1, 0.15) is 22.3 Å². The number of rotatable bonds is 12. The van der Waals surface area contributed by atoms with Gasteiger partial charge in [0, 0.05) is 0 Å². The lowest BCUT2D eigenvalue weighted by Crippen LogP contribution is -2.12. The second kappa shape index (κ2) is 15.4. The zero-order valence-corrected chi connectivity index (χ0v) is 32.6. The molecule has 0 amide bonds. The van der Waals surface area contributed by atoms with Crippen molar-refractivity contribution in [1.29, 1.82) is 0 Å². The summed E-state index contributed by atoms with van der Waals surface area (Å²) in [6, 6.07) is 42.1. The molecule has 0 spiro atoms. The van der Waals surface area contributed by atoms with E-state index >= 15 is 0 Å². The lowest BCUT2D eigenvalue weighted by atomic mass is 10.2. The zero-order valence-electron chi connectivity index (χ0n) is 29.9. The van der Waals surface area contributed by atoms with Gasteiger partial charge in [-0.3, -0.25) is 0 Å². The second-order valence-electron chi connectivity index (χ2n) is 12.3. The molecule has 0 aromatic heterocycles. The molecule has 6 aromatic carbocycles. The zero-order chi connectivity index (χ0) is 37.8. The maximum absolute atomic E-state index is 10.2. The van der Waals surface area contributed by atoms with E-state index in [2.05, 4.69) is 0 Å². The Morgan fingerprint density at radius 2 is 0.574 bits per heavy atom. The molecule has 0 saturated carbocycles. The van der Waals surface area contributed by atoms with Gasteiger partial charge in [0.1, 0.15) is 46.0 Å². The lowest BCUT2D eigenvalue weighted by Gasteiger charge is -2.33. The molecule has 1 aliphatic rings. The molecule has 1 aliphatic heterocycles. The van der Waals surface area contributed by atoms with Crippen LogP contribution < -0.4 is 27.1 Å². The first kappa shape index (κ1) is 36.8. The van der Waals surface area contributed by atoms with Crippen molar-refractivity contribution in [3.63, 3.8) is 0 Å². The summed E-state index contributed by atoms with van der Waals surface area (Å²) in [5.74, 6) is 2.39. The van der Waals surface area contributed by atoms with Gasteiger partial charge in [-0.05, 0) is 123 Å². The van der Waals surface area contributed by atoms with Crippen LogP contribution in [-0.2, 0) is 0 Å². The molecule has 0 saturated heterocycles. The number of aryl methyl sites for hydroxylation is 4. The van der Waals surface area contributed by atoms with Crippen LogP contribution in [0.2, 0.25) is 0 Å². The molecule has 2 N–H and O–H groups in total. The molecule has 0 radical (unpaired) electrons. The van der Waals surface area contributed by atoms with Crippen LogP contribution in [-0.4, -0.2) is 10.2 Å².